The number of alkyl carbamates (subject to hydrolysis) is 1. The van der Waals surface area contributed by atoms with Gasteiger partial charge >= 0.3 is 6.09 Å². The highest BCUT2D eigenvalue weighted by molar-refractivity contribution is 7.89. The Kier molecular flexibility index (Phi) is 6.80. The summed E-state index contributed by atoms with van der Waals surface area (Å²) in [7, 11) is -3.53. The molecule has 2 N–H and O–H groups in total. The van der Waals surface area contributed by atoms with Gasteiger partial charge < -0.3 is 10.1 Å². The number of carbonyl (C=O) groups is 1. The van der Waals surface area contributed by atoms with Crippen molar-refractivity contribution in [2.24, 2.45) is 11.8 Å². The minimum Gasteiger partial charge on any atom is -0.449 e. The number of thiazole rings is 1. The lowest BCUT2D eigenvalue weighted by molar-refractivity contribution is 0.103. The second kappa shape index (κ2) is 8.97. The predicted molar refractivity (Wildman–Crippen MR) is 114 cm³/mol. The van der Waals surface area contributed by atoms with Crippen LogP contribution in [0.1, 0.15) is 46.5 Å². The molecule has 29 heavy (non-hydrogen) atoms. The highest BCUT2D eigenvalue weighted by Crippen LogP contribution is 2.29. The molecule has 1 aromatic heterocycles. The largest absolute Gasteiger partial charge is 0.449 e. The van der Waals surface area contributed by atoms with Crippen LogP contribution >= 0.6 is 11.3 Å². The number of nitrogens with one attached hydrogen (secondary N) is 2. The first-order chi connectivity index (χ1) is 13.6. The molecule has 9 heteroatoms. The maximum absolute atomic E-state index is 12.6. The van der Waals surface area contributed by atoms with Crippen LogP contribution in [0.3, 0.4) is 0 Å². The molecule has 0 aliphatic heterocycles. The van der Waals surface area contributed by atoms with Crippen LogP contribution in [0, 0.1) is 11.8 Å². The summed E-state index contributed by atoms with van der Waals surface area (Å²) in [4.78, 5) is 16.2. The van der Waals surface area contributed by atoms with Crippen molar-refractivity contribution in [3.8, 4) is 0 Å². The zero-order valence-electron chi connectivity index (χ0n) is 17.1. The Balaban J connectivity index is 1.43. The lowest BCUT2D eigenvalue weighted by Gasteiger charge is -2.28. The number of nitrogens with zero attached hydrogens (tertiary/aromatic N) is 1. The summed E-state index contributed by atoms with van der Waals surface area (Å²) in [6.07, 6.45) is 3.33. The van der Waals surface area contributed by atoms with Gasteiger partial charge in [0, 0.05) is 12.1 Å². The highest BCUT2D eigenvalue weighted by Gasteiger charge is 2.25. The fourth-order valence-corrected chi connectivity index (χ4v) is 5.38. The molecule has 0 spiro atoms. The molecule has 160 valence electrons. The number of fused-ring (bicyclic) bond motifs is 1. The fraction of sp³-hybridized carbons (Fsp3) is 0.600. The van der Waals surface area contributed by atoms with Crippen molar-refractivity contribution in [3.05, 3.63) is 23.7 Å². The molecule has 1 fully saturated rings. The van der Waals surface area contributed by atoms with Crippen molar-refractivity contribution < 1.29 is 17.9 Å². The van der Waals surface area contributed by atoms with Crippen LogP contribution in [0.5, 0.6) is 0 Å². The van der Waals surface area contributed by atoms with Crippen molar-refractivity contribution in [2.75, 3.05) is 13.2 Å². The number of hydrogen-bond acceptors (Lipinski definition) is 6. The zero-order valence-corrected chi connectivity index (χ0v) is 18.7. The third-order valence-electron chi connectivity index (χ3n) is 5.07. The molecule has 1 heterocycles. The van der Waals surface area contributed by atoms with Gasteiger partial charge in [-0.15, -0.1) is 11.3 Å². The molecule has 0 radical (unpaired) electrons. The van der Waals surface area contributed by atoms with E-state index in [1.165, 1.54) is 11.3 Å². The standard InChI is InChI=1S/C20H29N3O4S2/c1-20(2,3)23-19(24)27-12-15-6-4-14(5-7-15)11-22-29(25,26)16-8-9-17-18(10-16)28-13-21-17/h8-10,13-15,22H,4-7,11-12H2,1-3H3,(H,23,24). The van der Waals surface area contributed by atoms with E-state index in [0.29, 0.717) is 25.0 Å². The SMILES string of the molecule is CC(C)(C)NC(=O)OCC1CCC(CNS(=O)(=O)c2ccc3ncsc3c2)CC1. The molecular weight excluding hydrogens is 410 g/mol. The summed E-state index contributed by atoms with van der Waals surface area (Å²) in [5.74, 6) is 0.638. The van der Waals surface area contributed by atoms with E-state index in [1.54, 1.807) is 23.7 Å². The van der Waals surface area contributed by atoms with E-state index >= 15 is 0 Å². The second-order valence-electron chi connectivity index (χ2n) is 8.69. The van der Waals surface area contributed by atoms with Gasteiger partial charge in [-0.2, -0.15) is 0 Å². The molecule has 1 aromatic carbocycles. The average molecular weight is 440 g/mol. The molecule has 1 aliphatic carbocycles. The number of benzene rings is 1. The van der Waals surface area contributed by atoms with Gasteiger partial charge in [0.05, 0.1) is 27.2 Å². The molecule has 2 aromatic rings. The Hall–Kier alpha value is -1.71. The van der Waals surface area contributed by atoms with Gasteiger partial charge in [0.15, 0.2) is 0 Å². The maximum atomic E-state index is 12.6. The molecule has 1 amide bonds. The average Bonchev–Trinajstić information content (AvgIpc) is 3.12. The quantitative estimate of drug-likeness (QED) is 0.711. The smallest absolute Gasteiger partial charge is 0.407 e. The van der Waals surface area contributed by atoms with Gasteiger partial charge in [0.25, 0.3) is 0 Å². The van der Waals surface area contributed by atoms with E-state index in [9.17, 15) is 13.2 Å². The molecular formula is C20H29N3O4S2. The molecule has 1 aliphatic rings. The number of aromatic nitrogens is 1. The minimum absolute atomic E-state index is 0.279. The molecule has 1 saturated carbocycles. The maximum Gasteiger partial charge on any atom is 0.407 e. The number of amides is 1. The monoisotopic (exact) mass is 439 g/mol. The van der Waals surface area contributed by atoms with Gasteiger partial charge in [-0.25, -0.2) is 22.9 Å². The summed E-state index contributed by atoms with van der Waals surface area (Å²) in [6.45, 7) is 6.58. The Morgan fingerprint density at radius 3 is 2.59 bits per heavy atom. The predicted octanol–water partition coefficient (Wildman–Crippen LogP) is 3.91. The van der Waals surface area contributed by atoms with Gasteiger partial charge in [-0.1, -0.05) is 0 Å². The van der Waals surface area contributed by atoms with Gasteiger partial charge in [0.2, 0.25) is 10.0 Å². The summed E-state index contributed by atoms with van der Waals surface area (Å²) >= 11 is 1.43. The normalized spacial score (nSPS) is 20.5. The van der Waals surface area contributed by atoms with E-state index in [-0.39, 0.29) is 16.5 Å². The van der Waals surface area contributed by atoms with Crippen molar-refractivity contribution in [1.29, 1.82) is 0 Å². The van der Waals surface area contributed by atoms with Gasteiger partial charge in [-0.3, -0.25) is 0 Å². The van der Waals surface area contributed by atoms with Crippen LogP contribution in [0.2, 0.25) is 0 Å². The second-order valence-corrected chi connectivity index (χ2v) is 11.3. The van der Waals surface area contributed by atoms with Crippen LogP contribution in [0.25, 0.3) is 10.2 Å². The third-order valence-corrected chi connectivity index (χ3v) is 7.28. The molecule has 7 nitrogen and oxygen atoms in total. The Morgan fingerprint density at radius 1 is 1.21 bits per heavy atom. The number of rotatable bonds is 6. The Morgan fingerprint density at radius 2 is 1.90 bits per heavy atom. The number of hydrogen-bond donors (Lipinski definition) is 2. The van der Waals surface area contributed by atoms with Crippen LogP contribution in [0.4, 0.5) is 4.79 Å². The van der Waals surface area contributed by atoms with Gasteiger partial charge in [-0.05, 0) is 76.5 Å². The molecule has 0 unspecified atom stereocenters. The van der Waals surface area contributed by atoms with Crippen molar-refractivity contribution in [1.82, 2.24) is 15.0 Å². The Labute approximate surface area is 176 Å². The first-order valence-electron chi connectivity index (χ1n) is 9.90. The number of carbonyl (C=O) groups excluding carboxylic acids is 1. The first kappa shape index (κ1) is 22.0. The lowest BCUT2D eigenvalue weighted by atomic mass is 9.82. The van der Waals surface area contributed by atoms with E-state index < -0.39 is 10.0 Å². The van der Waals surface area contributed by atoms with Crippen LogP contribution in [-0.4, -0.2) is 38.2 Å². The summed E-state index contributed by atoms with van der Waals surface area (Å²) < 4.78 is 34.2. The molecule has 3 rings (SSSR count). The van der Waals surface area contributed by atoms with Crippen molar-refractivity contribution in [2.45, 2.75) is 56.9 Å². The van der Waals surface area contributed by atoms with Crippen LogP contribution < -0.4 is 10.0 Å². The van der Waals surface area contributed by atoms with Crippen molar-refractivity contribution >= 4 is 37.7 Å². The summed E-state index contributed by atoms with van der Waals surface area (Å²) in [6, 6.07) is 5.01. The van der Waals surface area contributed by atoms with E-state index in [0.717, 1.165) is 35.9 Å². The van der Waals surface area contributed by atoms with E-state index in [4.69, 9.17) is 4.74 Å². The lowest BCUT2D eigenvalue weighted by Crippen LogP contribution is -2.41. The molecule has 0 bridgehead atoms. The number of ether oxygens (including phenoxy) is 1. The Bertz CT molecular complexity index is 942. The first-order valence-corrected chi connectivity index (χ1v) is 12.3. The van der Waals surface area contributed by atoms with Crippen LogP contribution in [-0.2, 0) is 14.8 Å². The zero-order chi connectivity index (χ0) is 21.1. The summed E-state index contributed by atoms with van der Waals surface area (Å²) in [5, 5.41) is 2.79. The third kappa shape index (κ3) is 6.38. The molecule has 0 saturated heterocycles. The van der Waals surface area contributed by atoms with Crippen molar-refractivity contribution in [3.63, 3.8) is 0 Å². The van der Waals surface area contributed by atoms with Gasteiger partial charge in [0.1, 0.15) is 0 Å². The number of sulfonamides is 1. The highest BCUT2D eigenvalue weighted by atomic mass is 32.2. The van der Waals surface area contributed by atoms with E-state index in [1.807, 2.05) is 20.8 Å². The van der Waals surface area contributed by atoms with Crippen LogP contribution in [0.15, 0.2) is 28.6 Å². The minimum atomic E-state index is -3.53. The molecule has 0 atom stereocenters. The topological polar surface area (TPSA) is 97.4 Å². The van der Waals surface area contributed by atoms with E-state index in [2.05, 4.69) is 15.0 Å². The fourth-order valence-electron chi connectivity index (χ4n) is 3.45. The summed E-state index contributed by atoms with van der Waals surface area (Å²) in [5.41, 5.74) is 2.21.